The molecular formula is C32H34F4N8O4. The van der Waals surface area contributed by atoms with Crippen LogP contribution in [0.25, 0.3) is 22.2 Å². The minimum absolute atomic E-state index is 0.0374. The van der Waals surface area contributed by atoms with Gasteiger partial charge in [-0.15, -0.1) is 0 Å². The number of fused-ring (bicyclic) bond motifs is 1. The first-order valence-corrected chi connectivity index (χ1v) is 14.8. The molecule has 1 aromatic heterocycles. The number of amidine groups is 1. The molecule has 1 fully saturated rings. The number of imidazole rings is 1. The molecule has 1 saturated heterocycles. The first-order valence-electron chi connectivity index (χ1n) is 14.8. The number of nitrogens with two attached hydrogens (primary N) is 1. The molecule has 1 aliphatic rings. The third kappa shape index (κ3) is 7.12. The topological polar surface area (TPSA) is 143 Å². The number of carbonyl (C=O) groups excluding carboxylic acids is 1. The molecule has 0 aliphatic carbocycles. The van der Waals surface area contributed by atoms with Gasteiger partial charge in [-0.25, -0.2) is 14.2 Å². The first-order chi connectivity index (χ1) is 22.8. The molecule has 0 unspecified atom stereocenters. The average molecular weight is 671 g/mol. The van der Waals surface area contributed by atoms with Gasteiger partial charge >= 0.3 is 11.9 Å². The lowest BCUT2D eigenvalue weighted by molar-refractivity contribution is -0.137. The minimum Gasteiger partial charge on any atom is -0.493 e. The molecule has 0 spiro atoms. The van der Waals surface area contributed by atoms with E-state index in [0.717, 1.165) is 59.2 Å². The van der Waals surface area contributed by atoms with Crippen molar-refractivity contribution in [1.82, 2.24) is 14.0 Å². The molecule has 0 atom stereocenters. The molecule has 5 rings (SSSR count). The molecule has 1 amide bonds. The summed E-state index contributed by atoms with van der Waals surface area (Å²) in [6.45, 7) is 2.41. The number of aryl methyl sites for hydroxylation is 1. The SMILES string of the molecule is COc1cc(-c2cc(C(F)(F)F)cc3c2n(C)c(=O)n3CC(=O)Nc2cccc(N3CCN(C)CC3)c2)cc(F)c1OCC(N)=NC=N. The molecule has 254 valence electrons. The quantitative estimate of drug-likeness (QED) is 0.132. The van der Waals surface area contributed by atoms with E-state index in [1.165, 1.54) is 20.2 Å². The van der Waals surface area contributed by atoms with Crippen molar-refractivity contribution in [1.29, 1.82) is 5.41 Å². The number of anilines is 2. The van der Waals surface area contributed by atoms with Crippen LogP contribution in [0.5, 0.6) is 11.5 Å². The van der Waals surface area contributed by atoms with E-state index < -0.39 is 42.3 Å². The molecule has 0 radical (unpaired) electrons. The van der Waals surface area contributed by atoms with E-state index in [9.17, 15) is 22.8 Å². The number of benzene rings is 3. The highest BCUT2D eigenvalue weighted by atomic mass is 19.4. The van der Waals surface area contributed by atoms with Gasteiger partial charge < -0.3 is 30.3 Å². The maximum absolute atomic E-state index is 15.4. The van der Waals surface area contributed by atoms with Crippen LogP contribution in [0.2, 0.25) is 0 Å². The fourth-order valence-corrected chi connectivity index (χ4v) is 5.56. The summed E-state index contributed by atoms with van der Waals surface area (Å²) in [5.41, 5.74) is 4.80. The van der Waals surface area contributed by atoms with Crippen molar-refractivity contribution in [2.24, 2.45) is 17.8 Å². The standard InChI is InChI=1S/C32H34F4N8O4/c1-41-7-9-43(10-8-41)22-6-4-5-21(15-22)40-28(45)16-44-25-14-20(32(34,35)36)13-23(29(25)42(2)31(44)46)19-11-24(33)30(26(12-19)47-3)48-17-27(38)39-18-37/h4-6,11-15,18H,7-10,16-17H2,1-3H3,(H,40,45)(H3,37,38,39). The molecular weight excluding hydrogens is 636 g/mol. The second kappa shape index (κ2) is 13.8. The van der Waals surface area contributed by atoms with E-state index >= 15 is 4.39 Å². The molecule has 16 heteroatoms. The fourth-order valence-electron chi connectivity index (χ4n) is 5.56. The maximum atomic E-state index is 15.4. The first kappa shape index (κ1) is 34.0. The van der Waals surface area contributed by atoms with Gasteiger partial charge in [-0.3, -0.25) is 19.3 Å². The van der Waals surface area contributed by atoms with Crippen LogP contribution in [0.3, 0.4) is 0 Å². The van der Waals surface area contributed by atoms with Crippen LogP contribution in [0.1, 0.15) is 5.56 Å². The van der Waals surface area contributed by atoms with E-state index in [1.54, 1.807) is 18.2 Å². The number of alkyl halides is 3. The lowest BCUT2D eigenvalue weighted by Crippen LogP contribution is -2.44. The van der Waals surface area contributed by atoms with Crippen molar-refractivity contribution in [2.45, 2.75) is 12.7 Å². The van der Waals surface area contributed by atoms with Crippen molar-refractivity contribution < 1.29 is 31.8 Å². The van der Waals surface area contributed by atoms with Crippen LogP contribution in [-0.4, -0.2) is 79.1 Å². The Labute approximate surface area is 272 Å². The maximum Gasteiger partial charge on any atom is 0.416 e. The molecule has 2 heterocycles. The summed E-state index contributed by atoms with van der Waals surface area (Å²) >= 11 is 0. The summed E-state index contributed by atoms with van der Waals surface area (Å²) in [5.74, 6) is -2.29. The Bertz CT molecular complexity index is 1950. The number of piperazine rings is 1. The van der Waals surface area contributed by atoms with E-state index in [-0.39, 0.29) is 39.5 Å². The largest absolute Gasteiger partial charge is 0.493 e. The fraction of sp³-hybridized carbons (Fsp3) is 0.312. The van der Waals surface area contributed by atoms with Gasteiger partial charge in [-0.2, -0.15) is 13.2 Å². The number of halogens is 4. The van der Waals surface area contributed by atoms with Crippen LogP contribution >= 0.6 is 0 Å². The number of nitrogens with one attached hydrogen (secondary N) is 2. The molecule has 4 N–H and O–H groups in total. The lowest BCUT2D eigenvalue weighted by atomic mass is 9.99. The number of ether oxygens (including phenoxy) is 2. The highest BCUT2D eigenvalue weighted by Crippen LogP contribution is 2.41. The molecule has 0 bridgehead atoms. The molecule has 3 aromatic carbocycles. The predicted molar refractivity (Wildman–Crippen MR) is 175 cm³/mol. The Morgan fingerprint density at radius 3 is 2.50 bits per heavy atom. The number of carbonyl (C=O) groups is 1. The zero-order valence-electron chi connectivity index (χ0n) is 26.4. The van der Waals surface area contributed by atoms with Crippen molar-refractivity contribution in [2.75, 3.05) is 57.2 Å². The number of aromatic nitrogens is 2. The highest BCUT2D eigenvalue weighted by Gasteiger charge is 2.33. The second-order valence-electron chi connectivity index (χ2n) is 11.2. The molecule has 1 aliphatic heterocycles. The zero-order valence-corrected chi connectivity index (χ0v) is 26.4. The Morgan fingerprint density at radius 2 is 1.83 bits per heavy atom. The van der Waals surface area contributed by atoms with Crippen LogP contribution in [0, 0.1) is 11.2 Å². The number of hydrogen-bond acceptors (Lipinski definition) is 7. The molecule has 0 saturated carbocycles. The van der Waals surface area contributed by atoms with Crippen LogP contribution in [-0.2, 0) is 24.6 Å². The van der Waals surface area contributed by atoms with Gasteiger partial charge in [0.2, 0.25) is 5.91 Å². The van der Waals surface area contributed by atoms with Gasteiger partial charge in [-0.1, -0.05) is 6.07 Å². The van der Waals surface area contributed by atoms with Crippen molar-refractivity contribution >= 4 is 40.5 Å². The Hall–Kier alpha value is -5.38. The summed E-state index contributed by atoms with van der Waals surface area (Å²) in [6, 6.07) is 11.0. The molecule has 48 heavy (non-hydrogen) atoms. The van der Waals surface area contributed by atoms with Crippen molar-refractivity contribution in [3.63, 3.8) is 0 Å². The van der Waals surface area contributed by atoms with Crippen LogP contribution < -0.4 is 31.1 Å². The van der Waals surface area contributed by atoms with Gasteiger partial charge in [0.25, 0.3) is 0 Å². The second-order valence-corrected chi connectivity index (χ2v) is 11.2. The smallest absolute Gasteiger partial charge is 0.416 e. The highest BCUT2D eigenvalue weighted by molar-refractivity contribution is 5.96. The average Bonchev–Trinajstić information content (AvgIpc) is 3.28. The third-order valence-corrected chi connectivity index (χ3v) is 8.00. The zero-order chi connectivity index (χ0) is 34.7. The number of methoxy groups -OCH3 is 1. The Kier molecular flexibility index (Phi) is 9.74. The van der Waals surface area contributed by atoms with Gasteiger partial charge in [-0.05, 0) is 55.1 Å². The minimum atomic E-state index is -4.84. The van der Waals surface area contributed by atoms with Crippen LogP contribution in [0.4, 0.5) is 28.9 Å². The number of nitrogens with zero attached hydrogens (tertiary/aromatic N) is 5. The van der Waals surface area contributed by atoms with Gasteiger partial charge in [0.1, 0.15) is 25.3 Å². The lowest BCUT2D eigenvalue weighted by Gasteiger charge is -2.34. The van der Waals surface area contributed by atoms with Gasteiger partial charge in [0.15, 0.2) is 17.3 Å². The molecule has 12 nitrogen and oxygen atoms in total. The summed E-state index contributed by atoms with van der Waals surface area (Å²) in [6.07, 6.45) is -4.16. The molecule has 4 aromatic rings. The van der Waals surface area contributed by atoms with E-state index in [2.05, 4.69) is 20.1 Å². The Morgan fingerprint density at radius 1 is 1.10 bits per heavy atom. The number of likely N-dealkylation sites (N-methyl/N-ethyl adjacent to an activating group) is 1. The predicted octanol–water partition coefficient (Wildman–Crippen LogP) is 3.91. The van der Waals surface area contributed by atoms with E-state index in [4.69, 9.17) is 20.6 Å². The monoisotopic (exact) mass is 670 g/mol. The third-order valence-electron chi connectivity index (χ3n) is 8.00. The summed E-state index contributed by atoms with van der Waals surface area (Å²) in [5, 5.41) is 9.73. The van der Waals surface area contributed by atoms with Crippen molar-refractivity contribution in [3.05, 3.63) is 70.4 Å². The summed E-state index contributed by atoms with van der Waals surface area (Å²) in [4.78, 5) is 34.6. The van der Waals surface area contributed by atoms with Gasteiger partial charge in [0.05, 0.1) is 23.7 Å². The van der Waals surface area contributed by atoms with E-state index in [0.29, 0.717) is 12.0 Å². The van der Waals surface area contributed by atoms with Gasteiger partial charge in [0, 0.05) is 50.2 Å². The van der Waals surface area contributed by atoms with E-state index in [1.807, 2.05) is 13.1 Å². The Balaban J connectivity index is 1.52. The number of hydrogen-bond donors (Lipinski definition) is 3. The van der Waals surface area contributed by atoms with Crippen molar-refractivity contribution in [3.8, 4) is 22.6 Å². The number of rotatable bonds is 10. The normalized spacial score (nSPS) is 14.3. The number of amides is 1. The summed E-state index contributed by atoms with van der Waals surface area (Å²) < 4.78 is 70.7. The summed E-state index contributed by atoms with van der Waals surface area (Å²) in [7, 11) is 4.61. The van der Waals surface area contributed by atoms with Crippen LogP contribution in [0.15, 0.2) is 58.3 Å². The number of aliphatic imine (C=N–C) groups is 1.